The van der Waals surface area contributed by atoms with Crippen LogP contribution in [0, 0.1) is 5.92 Å². The maximum Gasteiger partial charge on any atom is 0.246 e. The number of ether oxygens (including phenoxy) is 2. The Labute approximate surface area is 102 Å². The maximum absolute atomic E-state index is 5.72. The molecule has 92 valence electrons. The van der Waals surface area contributed by atoms with Crippen LogP contribution in [-0.4, -0.2) is 12.3 Å². The van der Waals surface area contributed by atoms with Crippen molar-refractivity contribution in [2.45, 2.75) is 38.9 Å². The Morgan fingerprint density at radius 2 is 2.00 bits per heavy atom. The van der Waals surface area contributed by atoms with Gasteiger partial charge in [-0.05, 0) is 30.9 Å². The highest BCUT2D eigenvalue weighted by molar-refractivity contribution is 5.56. The van der Waals surface area contributed by atoms with Crippen molar-refractivity contribution in [1.82, 2.24) is 0 Å². The first kappa shape index (κ1) is 10.8. The fraction of sp³-hybridized carbons (Fsp3) is 0.571. The molecule has 0 bridgehead atoms. The Morgan fingerprint density at radius 3 is 2.71 bits per heavy atom. The van der Waals surface area contributed by atoms with Gasteiger partial charge in [0.05, 0.1) is 0 Å². The molecule has 1 aliphatic carbocycles. The molecule has 1 N–H and O–H groups in total. The first-order chi connectivity index (χ1) is 8.12. The van der Waals surface area contributed by atoms with E-state index < -0.39 is 5.79 Å². The third kappa shape index (κ3) is 2.19. The molecule has 0 unspecified atom stereocenters. The molecule has 3 heteroatoms. The maximum atomic E-state index is 5.72. The highest BCUT2D eigenvalue weighted by atomic mass is 16.7. The SMILES string of the molecule is CC1(C)Oc2ccc(NCC3CCC3)cc2O1. The van der Waals surface area contributed by atoms with Crippen LogP contribution in [0.5, 0.6) is 11.5 Å². The monoisotopic (exact) mass is 233 g/mol. The first-order valence-corrected chi connectivity index (χ1v) is 6.38. The molecule has 1 aliphatic heterocycles. The van der Waals surface area contributed by atoms with Crippen LogP contribution in [0.2, 0.25) is 0 Å². The van der Waals surface area contributed by atoms with Crippen LogP contribution in [0.4, 0.5) is 5.69 Å². The minimum atomic E-state index is -0.533. The Morgan fingerprint density at radius 1 is 1.24 bits per heavy atom. The van der Waals surface area contributed by atoms with E-state index in [1.807, 2.05) is 26.0 Å². The zero-order chi connectivity index (χ0) is 11.9. The van der Waals surface area contributed by atoms with Crippen molar-refractivity contribution in [2.24, 2.45) is 5.92 Å². The van der Waals surface area contributed by atoms with Crippen molar-refractivity contribution < 1.29 is 9.47 Å². The lowest BCUT2D eigenvalue weighted by atomic mass is 9.85. The van der Waals surface area contributed by atoms with Gasteiger partial charge in [-0.25, -0.2) is 0 Å². The van der Waals surface area contributed by atoms with Crippen LogP contribution in [-0.2, 0) is 0 Å². The van der Waals surface area contributed by atoms with E-state index in [2.05, 4.69) is 11.4 Å². The molecular formula is C14H19NO2. The van der Waals surface area contributed by atoms with Crippen molar-refractivity contribution >= 4 is 5.69 Å². The summed E-state index contributed by atoms with van der Waals surface area (Å²) in [6.07, 6.45) is 4.12. The second kappa shape index (κ2) is 3.83. The van der Waals surface area contributed by atoms with Crippen molar-refractivity contribution in [3.05, 3.63) is 18.2 Å². The Kier molecular flexibility index (Phi) is 2.42. The molecule has 0 amide bonds. The lowest BCUT2D eigenvalue weighted by molar-refractivity contribution is -0.0431. The second-order valence-corrected chi connectivity index (χ2v) is 5.44. The zero-order valence-electron chi connectivity index (χ0n) is 10.5. The van der Waals surface area contributed by atoms with Gasteiger partial charge < -0.3 is 14.8 Å². The molecule has 17 heavy (non-hydrogen) atoms. The average molecular weight is 233 g/mol. The van der Waals surface area contributed by atoms with Gasteiger partial charge in [-0.3, -0.25) is 0 Å². The fourth-order valence-corrected chi connectivity index (χ4v) is 2.29. The molecule has 1 saturated carbocycles. The lowest BCUT2D eigenvalue weighted by Crippen LogP contribution is -2.29. The summed E-state index contributed by atoms with van der Waals surface area (Å²) in [4.78, 5) is 0. The number of nitrogens with one attached hydrogen (secondary N) is 1. The highest BCUT2D eigenvalue weighted by Gasteiger charge is 2.31. The molecule has 1 heterocycles. The predicted octanol–water partition coefficient (Wildman–Crippen LogP) is 3.41. The summed E-state index contributed by atoms with van der Waals surface area (Å²) in [5.41, 5.74) is 1.12. The number of hydrogen-bond donors (Lipinski definition) is 1. The predicted molar refractivity (Wildman–Crippen MR) is 67.6 cm³/mol. The largest absolute Gasteiger partial charge is 0.449 e. The van der Waals surface area contributed by atoms with E-state index in [9.17, 15) is 0 Å². The summed E-state index contributed by atoms with van der Waals surface area (Å²) >= 11 is 0. The minimum absolute atomic E-state index is 0.533. The van der Waals surface area contributed by atoms with Crippen molar-refractivity contribution in [2.75, 3.05) is 11.9 Å². The van der Waals surface area contributed by atoms with Gasteiger partial charge in [0.2, 0.25) is 5.79 Å². The molecule has 0 radical (unpaired) electrons. The Hall–Kier alpha value is -1.38. The van der Waals surface area contributed by atoms with Crippen LogP contribution in [0.15, 0.2) is 18.2 Å². The molecule has 1 aromatic rings. The molecule has 2 aliphatic rings. The van der Waals surface area contributed by atoms with Crippen molar-refractivity contribution in [1.29, 1.82) is 0 Å². The van der Waals surface area contributed by atoms with Gasteiger partial charge in [0.15, 0.2) is 11.5 Å². The van der Waals surface area contributed by atoms with Crippen LogP contribution >= 0.6 is 0 Å². The molecular weight excluding hydrogens is 214 g/mol. The summed E-state index contributed by atoms with van der Waals surface area (Å²) in [5.74, 6) is 2.00. The molecule has 0 aromatic heterocycles. The summed E-state index contributed by atoms with van der Waals surface area (Å²) in [7, 11) is 0. The van der Waals surface area contributed by atoms with Gasteiger partial charge in [-0.15, -0.1) is 0 Å². The molecule has 3 rings (SSSR count). The normalized spacial score (nSPS) is 21.1. The van der Waals surface area contributed by atoms with E-state index in [4.69, 9.17) is 9.47 Å². The van der Waals surface area contributed by atoms with E-state index >= 15 is 0 Å². The van der Waals surface area contributed by atoms with Crippen LogP contribution in [0.3, 0.4) is 0 Å². The molecule has 3 nitrogen and oxygen atoms in total. The van der Waals surface area contributed by atoms with Crippen LogP contribution in [0.1, 0.15) is 33.1 Å². The van der Waals surface area contributed by atoms with Gasteiger partial charge in [-0.1, -0.05) is 6.42 Å². The van der Waals surface area contributed by atoms with Gasteiger partial charge in [0.25, 0.3) is 0 Å². The second-order valence-electron chi connectivity index (χ2n) is 5.44. The van der Waals surface area contributed by atoms with Crippen molar-refractivity contribution in [3.8, 4) is 11.5 Å². The summed E-state index contributed by atoms with van der Waals surface area (Å²) in [6, 6.07) is 6.07. The smallest absolute Gasteiger partial charge is 0.246 e. The topological polar surface area (TPSA) is 30.5 Å². The number of hydrogen-bond acceptors (Lipinski definition) is 3. The highest BCUT2D eigenvalue weighted by Crippen LogP contribution is 2.40. The van der Waals surface area contributed by atoms with E-state index in [0.717, 1.165) is 29.6 Å². The average Bonchev–Trinajstić information content (AvgIpc) is 2.48. The van der Waals surface area contributed by atoms with E-state index in [1.54, 1.807) is 0 Å². The van der Waals surface area contributed by atoms with Gasteiger partial charge in [0.1, 0.15) is 0 Å². The van der Waals surface area contributed by atoms with E-state index in [1.165, 1.54) is 19.3 Å². The van der Waals surface area contributed by atoms with Crippen LogP contribution < -0.4 is 14.8 Å². The summed E-state index contributed by atoms with van der Waals surface area (Å²) in [6.45, 7) is 4.92. The Bertz CT molecular complexity index is 424. The van der Waals surface area contributed by atoms with Crippen molar-refractivity contribution in [3.63, 3.8) is 0 Å². The van der Waals surface area contributed by atoms with E-state index in [0.29, 0.717) is 0 Å². The molecule has 1 fully saturated rings. The Balaban J connectivity index is 1.67. The van der Waals surface area contributed by atoms with Crippen LogP contribution in [0.25, 0.3) is 0 Å². The number of fused-ring (bicyclic) bond motifs is 1. The standard InChI is InChI=1S/C14H19NO2/c1-14(2)16-12-7-6-11(8-13(12)17-14)15-9-10-4-3-5-10/h6-8,10,15H,3-5,9H2,1-2H3. The van der Waals surface area contributed by atoms with Gasteiger partial charge in [-0.2, -0.15) is 0 Å². The zero-order valence-corrected chi connectivity index (χ0v) is 10.5. The fourth-order valence-electron chi connectivity index (χ4n) is 2.29. The number of anilines is 1. The molecule has 0 saturated heterocycles. The summed E-state index contributed by atoms with van der Waals surface area (Å²) < 4.78 is 11.4. The third-order valence-electron chi connectivity index (χ3n) is 3.47. The lowest BCUT2D eigenvalue weighted by Gasteiger charge is -2.25. The number of benzene rings is 1. The van der Waals surface area contributed by atoms with Gasteiger partial charge in [0, 0.05) is 32.1 Å². The van der Waals surface area contributed by atoms with E-state index in [-0.39, 0.29) is 0 Å². The number of rotatable bonds is 3. The minimum Gasteiger partial charge on any atom is -0.449 e. The first-order valence-electron chi connectivity index (χ1n) is 6.38. The third-order valence-corrected chi connectivity index (χ3v) is 3.47. The quantitative estimate of drug-likeness (QED) is 0.867. The molecule has 1 aromatic carbocycles. The van der Waals surface area contributed by atoms with Gasteiger partial charge >= 0.3 is 0 Å². The molecule has 0 atom stereocenters. The molecule has 0 spiro atoms. The summed E-state index contributed by atoms with van der Waals surface area (Å²) in [5, 5.41) is 3.47.